The molecule has 0 radical (unpaired) electrons. The maximum absolute atomic E-state index is 12.2. The van der Waals surface area contributed by atoms with Crippen molar-refractivity contribution in [1.82, 2.24) is 8.61 Å². The van der Waals surface area contributed by atoms with E-state index in [1.165, 1.54) is 8.61 Å². The van der Waals surface area contributed by atoms with Crippen LogP contribution >= 0.6 is 0 Å². The molecule has 1 saturated heterocycles. The zero-order valence-corrected chi connectivity index (χ0v) is 10.4. The summed E-state index contributed by atoms with van der Waals surface area (Å²) >= 11 is 0. The number of ether oxygens (including phenoxy) is 1. The molecular weight excluding hydrogens is 230 g/mol. The predicted octanol–water partition coefficient (Wildman–Crippen LogP) is -0.203. The minimum Gasteiger partial charge on any atom is -0.379 e. The Labute approximate surface area is 96.6 Å². The second-order valence-electron chi connectivity index (χ2n) is 3.82. The summed E-state index contributed by atoms with van der Waals surface area (Å²) in [4.78, 5) is 0. The molecule has 7 heteroatoms. The van der Waals surface area contributed by atoms with Crippen LogP contribution in [0.3, 0.4) is 0 Å². The first-order chi connectivity index (χ1) is 7.50. The number of rotatable bonds is 4. The van der Waals surface area contributed by atoms with Crippen molar-refractivity contribution in [3.05, 3.63) is 0 Å². The van der Waals surface area contributed by atoms with Gasteiger partial charge in [-0.3, -0.25) is 0 Å². The Kier molecular flexibility index (Phi) is 4.68. The summed E-state index contributed by atoms with van der Waals surface area (Å²) in [5, 5.41) is 8.65. The van der Waals surface area contributed by atoms with Crippen LogP contribution in [0.2, 0.25) is 0 Å². The van der Waals surface area contributed by atoms with E-state index in [9.17, 15) is 8.42 Å². The highest BCUT2D eigenvalue weighted by Gasteiger charge is 2.32. The highest BCUT2D eigenvalue weighted by Crippen LogP contribution is 2.13. The quantitative estimate of drug-likeness (QED) is 0.645. The fourth-order valence-electron chi connectivity index (χ4n) is 1.53. The molecule has 1 aliphatic rings. The Morgan fingerprint density at radius 2 is 2.00 bits per heavy atom. The number of hydrogen-bond donors (Lipinski definition) is 0. The van der Waals surface area contributed by atoms with E-state index in [4.69, 9.17) is 10.00 Å². The van der Waals surface area contributed by atoms with Gasteiger partial charge < -0.3 is 4.74 Å². The average Bonchev–Trinajstić information content (AvgIpc) is 2.26. The monoisotopic (exact) mass is 247 g/mol. The third-order valence-electron chi connectivity index (χ3n) is 2.40. The van der Waals surface area contributed by atoms with E-state index in [1.54, 1.807) is 13.8 Å². The molecule has 6 nitrogen and oxygen atoms in total. The van der Waals surface area contributed by atoms with Crippen LogP contribution in [0.15, 0.2) is 0 Å². The van der Waals surface area contributed by atoms with Crippen LogP contribution in [-0.4, -0.2) is 55.9 Å². The lowest BCUT2D eigenvalue weighted by Gasteiger charge is -2.32. The molecule has 0 atom stereocenters. The minimum absolute atomic E-state index is 0.114. The van der Waals surface area contributed by atoms with Crippen molar-refractivity contribution in [3.63, 3.8) is 0 Å². The Balaban J connectivity index is 2.84. The molecule has 0 saturated carbocycles. The van der Waals surface area contributed by atoms with Crippen molar-refractivity contribution in [2.24, 2.45) is 0 Å². The van der Waals surface area contributed by atoms with E-state index in [2.05, 4.69) is 0 Å². The van der Waals surface area contributed by atoms with Crippen LogP contribution in [0.1, 0.15) is 13.8 Å². The molecule has 1 aliphatic heterocycles. The van der Waals surface area contributed by atoms with Crippen molar-refractivity contribution in [2.75, 3.05) is 32.8 Å². The first kappa shape index (κ1) is 13.4. The summed E-state index contributed by atoms with van der Waals surface area (Å²) < 4.78 is 32.0. The van der Waals surface area contributed by atoms with Gasteiger partial charge in [-0.1, -0.05) is 0 Å². The second kappa shape index (κ2) is 5.59. The average molecular weight is 247 g/mol. The summed E-state index contributed by atoms with van der Waals surface area (Å²) in [6.45, 7) is 4.95. The van der Waals surface area contributed by atoms with Gasteiger partial charge in [0, 0.05) is 19.1 Å². The SMILES string of the molecule is CC(C)N(CC#N)S(=O)(=O)N1CCOCC1. The molecule has 0 aromatic rings. The smallest absolute Gasteiger partial charge is 0.283 e. The number of nitrogens with zero attached hydrogens (tertiary/aromatic N) is 3. The van der Waals surface area contributed by atoms with Crippen molar-refractivity contribution in [1.29, 1.82) is 5.26 Å². The molecule has 1 rings (SSSR count). The molecule has 92 valence electrons. The zero-order valence-electron chi connectivity index (χ0n) is 9.59. The fourth-order valence-corrected chi connectivity index (χ4v) is 3.19. The second-order valence-corrected chi connectivity index (χ2v) is 5.70. The summed E-state index contributed by atoms with van der Waals surface area (Å²) in [5.74, 6) is 0. The standard InChI is InChI=1S/C9H17N3O3S/c1-9(2)12(4-3-10)16(13,14)11-5-7-15-8-6-11/h9H,4-8H2,1-2H3. The Hall–Kier alpha value is -0.680. The third kappa shape index (κ3) is 2.92. The van der Waals surface area contributed by atoms with Gasteiger partial charge in [0.25, 0.3) is 10.2 Å². The highest BCUT2D eigenvalue weighted by molar-refractivity contribution is 7.86. The first-order valence-corrected chi connectivity index (χ1v) is 6.61. The van der Waals surface area contributed by atoms with E-state index in [0.29, 0.717) is 26.3 Å². The fraction of sp³-hybridized carbons (Fsp3) is 0.889. The summed E-state index contributed by atoms with van der Waals surface area (Å²) in [6.07, 6.45) is 0. The third-order valence-corrected chi connectivity index (χ3v) is 4.56. The Morgan fingerprint density at radius 3 is 2.44 bits per heavy atom. The van der Waals surface area contributed by atoms with Crippen LogP contribution in [0.4, 0.5) is 0 Å². The van der Waals surface area contributed by atoms with E-state index < -0.39 is 10.2 Å². The van der Waals surface area contributed by atoms with Gasteiger partial charge in [-0.25, -0.2) is 0 Å². The minimum atomic E-state index is -3.52. The lowest BCUT2D eigenvalue weighted by atomic mass is 10.4. The highest BCUT2D eigenvalue weighted by atomic mass is 32.2. The van der Waals surface area contributed by atoms with Crippen LogP contribution < -0.4 is 0 Å². The van der Waals surface area contributed by atoms with Crippen LogP contribution in [-0.2, 0) is 14.9 Å². The van der Waals surface area contributed by atoms with Crippen LogP contribution in [0.5, 0.6) is 0 Å². The Morgan fingerprint density at radius 1 is 1.44 bits per heavy atom. The lowest BCUT2D eigenvalue weighted by Crippen LogP contribution is -2.50. The lowest BCUT2D eigenvalue weighted by molar-refractivity contribution is 0.0698. The van der Waals surface area contributed by atoms with E-state index in [-0.39, 0.29) is 12.6 Å². The largest absolute Gasteiger partial charge is 0.379 e. The van der Waals surface area contributed by atoms with Gasteiger partial charge in [-0.2, -0.15) is 22.3 Å². The molecular formula is C9H17N3O3S. The molecule has 0 spiro atoms. The van der Waals surface area contributed by atoms with Crippen LogP contribution in [0, 0.1) is 11.3 Å². The van der Waals surface area contributed by atoms with Crippen molar-refractivity contribution in [3.8, 4) is 6.07 Å². The summed E-state index contributed by atoms with van der Waals surface area (Å²) in [7, 11) is -3.52. The molecule has 0 aromatic heterocycles. The van der Waals surface area contributed by atoms with E-state index >= 15 is 0 Å². The normalized spacial score (nSPS) is 18.9. The van der Waals surface area contributed by atoms with Gasteiger partial charge in [-0.05, 0) is 13.8 Å². The molecule has 0 bridgehead atoms. The van der Waals surface area contributed by atoms with Crippen LogP contribution in [0.25, 0.3) is 0 Å². The maximum Gasteiger partial charge on any atom is 0.283 e. The van der Waals surface area contributed by atoms with E-state index in [1.807, 2.05) is 6.07 Å². The van der Waals surface area contributed by atoms with Crippen molar-refractivity contribution >= 4 is 10.2 Å². The molecule has 0 aliphatic carbocycles. The number of morpholine rings is 1. The maximum atomic E-state index is 12.2. The van der Waals surface area contributed by atoms with Gasteiger partial charge >= 0.3 is 0 Å². The summed E-state index contributed by atoms with van der Waals surface area (Å²) in [5.41, 5.74) is 0. The molecule has 0 unspecified atom stereocenters. The first-order valence-electron chi connectivity index (χ1n) is 5.21. The molecule has 0 amide bonds. The van der Waals surface area contributed by atoms with Gasteiger partial charge in [-0.15, -0.1) is 0 Å². The molecule has 1 heterocycles. The zero-order chi connectivity index (χ0) is 12.2. The molecule has 0 aromatic carbocycles. The van der Waals surface area contributed by atoms with E-state index in [0.717, 1.165) is 0 Å². The van der Waals surface area contributed by atoms with Gasteiger partial charge in [0.15, 0.2) is 0 Å². The predicted molar refractivity (Wildman–Crippen MR) is 58.8 cm³/mol. The van der Waals surface area contributed by atoms with Gasteiger partial charge in [0.2, 0.25) is 0 Å². The number of hydrogen-bond acceptors (Lipinski definition) is 4. The molecule has 1 fully saturated rings. The van der Waals surface area contributed by atoms with Gasteiger partial charge in [0.05, 0.1) is 19.3 Å². The van der Waals surface area contributed by atoms with Crippen molar-refractivity contribution < 1.29 is 13.2 Å². The molecule has 16 heavy (non-hydrogen) atoms. The Bertz CT molecular complexity index is 355. The topological polar surface area (TPSA) is 73.6 Å². The molecule has 0 N–H and O–H groups in total. The number of nitriles is 1. The van der Waals surface area contributed by atoms with Gasteiger partial charge in [0.1, 0.15) is 6.54 Å². The van der Waals surface area contributed by atoms with Crippen molar-refractivity contribution in [2.45, 2.75) is 19.9 Å². The summed E-state index contributed by atoms with van der Waals surface area (Å²) in [6, 6.07) is 1.67.